The van der Waals surface area contributed by atoms with E-state index in [2.05, 4.69) is 5.92 Å². The maximum absolute atomic E-state index is 12.0. The highest BCUT2D eigenvalue weighted by molar-refractivity contribution is 6.01. The summed E-state index contributed by atoms with van der Waals surface area (Å²) in [7, 11) is 1.54. The molecule has 1 saturated heterocycles. The molecule has 5 heteroatoms. The summed E-state index contributed by atoms with van der Waals surface area (Å²) in [6, 6.07) is -0.644. The summed E-state index contributed by atoms with van der Waals surface area (Å²) >= 11 is 0. The summed E-state index contributed by atoms with van der Waals surface area (Å²) in [6.45, 7) is 5.63. The lowest BCUT2D eigenvalue weighted by atomic mass is 10.1. The van der Waals surface area contributed by atoms with E-state index in [1.54, 1.807) is 27.9 Å². The Balaban J connectivity index is 2.81. The van der Waals surface area contributed by atoms with E-state index in [-0.39, 0.29) is 6.10 Å². The molecule has 1 rings (SSSR count). The lowest BCUT2D eigenvalue weighted by Gasteiger charge is -2.27. The average molecular weight is 253 g/mol. The van der Waals surface area contributed by atoms with Gasteiger partial charge >= 0.3 is 6.09 Å². The predicted molar refractivity (Wildman–Crippen MR) is 66.0 cm³/mol. The number of methoxy groups -OCH3 is 1. The third-order valence-electron chi connectivity index (χ3n) is 2.67. The molecule has 0 radical (unpaired) electrons. The maximum Gasteiger partial charge on any atom is 0.411 e. The molecular weight excluding hydrogens is 234 g/mol. The van der Waals surface area contributed by atoms with Crippen molar-refractivity contribution in [1.29, 1.82) is 0 Å². The van der Waals surface area contributed by atoms with Gasteiger partial charge in [0.15, 0.2) is 0 Å². The smallest absolute Gasteiger partial charge is 0.411 e. The standard InChI is InChI=1S/C13H19NO4/c1-6-11(15)10-7-9(17-5)8-14(10)12(16)18-13(2,3)4/h1,9-10H,7-8H2,2-5H3. The average Bonchev–Trinajstić information content (AvgIpc) is 2.69. The molecule has 0 spiro atoms. The molecule has 18 heavy (non-hydrogen) atoms. The van der Waals surface area contributed by atoms with E-state index in [9.17, 15) is 9.59 Å². The molecule has 1 fully saturated rings. The highest BCUT2D eigenvalue weighted by Crippen LogP contribution is 2.23. The number of terminal acetylenes is 1. The Bertz CT molecular complexity index is 377. The number of Topliss-reactive ketones (excluding diaryl/α,β-unsaturated/α-hetero) is 1. The van der Waals surface area contributed by atoms with Gasteiger partial charge in [-0.3, -0.25) is 9.69 Å². The minimum Gasteiger partial charge on any atom is -0.444 e. The van der Waals surface area contributed by atoms with Crippen molar-refractivity contribution in [3.63, 3.8) is 0 Å². The van der Waals surface area contributed by atoms with Crippen molar-refractivity contribution in [1.82, 2.24) is 4.90 Å². The minimum atomic E-state index is -0.644. The molecule has 2 atom stereocenters. The Hall–Kier alpha value is -1.54. The van der Waals surface area contributed by atoms with Crippen LogP contribution in [0, 0.1) is 12.3 Å². The Labute approximate surface area is 107 Å². The number of carbonyl (C=O) groups is 2. The van der Waals surface area contributed by atoms with Gasteiger partial charge in [0.05, 0.1) is 12.6 Å². The number of rotatable bonds is 2. The van der Waals surface area contributed by atoms with Crippen LogP contribution in [0.1, 0.15) is 27.2 Å². The summed E-state index contributed by atoms with van der Waals surface area (Å²) in [4.78, 5) is 24.9. The van der Waals surface area contributed by atoms with Crippen molar-refractivity contribution in [2.75, 3.05) is 13.7 Å². The van der Waals surface area contributed by atoms with Crippen LogP contribution < -0.4 is 0 Å². The minimum absolute atomic E-state index is 0.181. The number of ether oxygens (including phenoxy) is 2. The molecule has 1 aliphatic heterocycles. The van der Waals surface area contributed by atoms with Crippen molar-refractivity contribution in [2.45, 2.75) is 44.9 Å². The van der Waals surface area contributed by atoms with E-state index in [0.29, 0.717) is 13.0 Å². The number of nitrogens with zero attached hydrogens (tertiary/aromatic N) is 1. The highest BCUT2D eigenvalue weighted by atomic mass is 16.6. The largest absolute Gasteiger partial charge is 0.444 e. The first-order valence-corrected chi connectivity index (χ1v) is 5.81. The second-order valence-corrected chi connectivity index (χ2v) is 5.25. The van der Waals surface area contributed by atoms with E-state index in [4.69, 9.17) is 15.9 Å². The first-order chi connectivity index (χ1) is 8.28. The summed E-state index contributed by atoms with van der Waals surface area (Å²) in [5.41, 5.74) is -0.605. The molecule has 0 aromatic rings. The van der Waals surface area contributed by atoms with Gasteiger partial charge < -0.3 is 9.47 Å². The zero-order valence-corrected chi connectivity index (χ0v) is 11.2. The SMILES string of the molecule is C#CC(=O)C1CC(OC)CN1C(=O)OC(C)(C)C. The molecule has 0 aromatic carbocycles. The van der Waals surface area contributed by atoms with Gasteiger partial charge in [-0.05, 0) is 26.7 Å². The van der Waals surface area contributed by atoms with Crippen LogP contribution in [-0.2, 0) is 14.3 Å². The number of ketones is 1. The van der Waals surface area contributed by atoms with Gasteiger partial charge in [-0.25, -0.2) is 4.79 Å². The fraction of sp³-hybridized carbons (Fsp3) is 0.692. The van der Waals surface area contributed by atoms with Crippen molar-refractivity contribution >= 4 is 11.9 Å². The lowest BCUT2D eigenvalue weighted by Crippen LogP contribution is -2.43. The molecule has 0 aliphatic carbocycles. The number of carbonyl (C=O) groups excluding carboxylic acids is 2. The molecule has 1 heterocycles. The summed E-state index contributed by atoms with van der Waals surface area (Å²) in [5, 5.41) is 0. The van der Waals surface area contributed by atoms with Crippen molar-refractivity contribution in [2.24, 2.45) is 0 Å². The topological polar surface area (TPSA) is 55.8 Å². The van der Waals surface area contributed by atoms with Gasteiger partial charge in [0.25, 0.3) is 0 Å². The Morgan fingerprint density at radius 1 is 1.39 bits per heavy atom. The Morgan fingerprint density at radius 2 is 2.00 bits per heavy atom. The Kier molecular flexibility index (Phi) is 4.36. The second-order valence-electron chi connectivity index (χ2n) is 5.25. The zero-order chi connectivity index (χ0) is 13.9. The third-order valence-corrected chi connectivity index (χ3v) is 2.67. The van der Waals surface area contributed by atoms with Crippen molar-refractivity contribution in [3.05, 3.63) is 0 Å². The van der Waals surface area contributed by atoms with Crippen LogP contribution in [0.4, 0.5) is 4.79 Å². The number of amides is 1. The maximum atomic E-state index is 12.0. The summed E-state index contributed by atoms with van der Waals surface area (Å²) in [6.07, 6.45) is 4.81. The molecule has 0 aromatic heterocycles. The van der Waals surface area contributed by atoms with E-state index in [1.165, 1.54) is 4.90 Å². The highest BCUT2D eigenvalue weighted by Gasteiger charge is 2.40. The van der Waals surface area contributed by atoms with E-state index in [1.807, 2.05) is 0 Å². The van der Waals surface area contributed by atoms with Crippen molar-refractivity contribution in [3.8, 4) is 12.3 Å². The van der Waals surface area contributed by atoms with Crippen LogP contribution in [0.3, 0.4) is 0 Å². The quantitative estimate of drug-likeness (QED) is 0.548. The first-order valence-electron chi connectivity index (χ1n) is 5.81. The third kappa shape index (κ3) is 3.47. The molecular formula is C13H19NO4. The number of likely N-dealkylation sites (tertiary alicyclic amines) is 1. The molecule has 0 saturated carbocycles. The molecule has 1 aliphatic rings. The Morgan fingerprint density at radius 3 is 2.44 bits per heavy atom. The molecule has 1 amide bonds. The van der Waals surface area contributed by atoms with E-state index >= 15 is 0 Å². The van der Waals surface area contributed by atoms with E-state index < -0.39 is 23.5 Å². The van der Waals surface area contributed by atoms with Gasteiger partial charge in [0.1, 0.15) is 11.6 Å². The van der Waals surface area contributed by atoms with Crippen LogP contribution in [0.2, 0.25) is 0 Å². The summed E-state index contributed by atoms with van der Waals surface area (Å²) in [5.74, 6) is 1.64. The van der Waals surface area contributed by atoms with Gasteiger partial charge in [0.2, 0.25) is 5.78 Å². The van der Waals surface area contributed by atoms with Gasteiger partial charge in [-0.1, -0.05) is 0 Å². The molecule has 2 unspecified atom stereocenters. The molecule has 0 N–H and O–H groups in total. The van der Waals surface area contributed by atoms with Gasteiger partial charge in [0, 0.05) is 13.5 Å². The molecule has 100 valence electrons. The normalized spacial score (nSPS) is 23.6. The predicted octanol–water partition coefficient (Wildman–Crippen LogP) is 1.21. The summed E-state index contributed by atoms with van der Waals surface area (Å²) < 4.78 is 10.4. The van der Waals surface area contributed by atoms with E-state index in [0.717, 1.165) is 0 Å². The zero-order valence-electron chi connectivity index (χ0n) is 11.2. The monoisotopic (exact) mass is 253 g/mol. The van der Waals surface area contributed by atoms with Crippen LogP contribution in [0.15, 0.2) is 0 Å². The first kappa shape index (κ1) is 14.5. The van der Waals surface area contributed by atoms with Crippen LogP contribution in [0.25, 0.3) is 0 Å². The molecule has 0 bridgehead atoms. The molecule has 5 nitrogen and oxygen atoms in total. The van der Waals surface area contributed by atoms with Crippen molar-refractivity contribution < 1.29 is 19.1 Å². The van der Waals surface area contributed by atoms with Gasteiger partial charge in [-0.15, -0.1) is 6.42 Å². The number of hydrogen-bond donors (Lipinski definition) is 0. The fourth-order valence-corrected chi connectivity index (χ4v) is 1.84. The lowest BCUT2D eigenvalue weighted by molar-refractivity contribution is -0.117. The van der Waals surface area contributed by atoms with Gasteiger partial charge in [-0.2, -0.15) is 0 Å². The van der Waals surface area contributed by atoms with Crippen LogP contribution >= 0.6 is 0 Å². The second kappa shape index (κ2) is 5.40. The fourth-order valence-electron chi connectivity index (χ4n) is 1.84. The van der Waals surface area contributed by atoms with Crippen LogP contribution in [-0.4, -0.2) is 48.2 Å². The van der Waals surface area contributed by atoms with Crippen LogP contribution in [0.5, 0.6) is 0 Å². The number of hydrogen-bond acceptors (Lipinski definition) is 4.